The molecule has 34 heavy (non-hydrogen) atoms. The molecular formula is C25H22N4O5. The van der Waals surface area contributed by atoms with Crippen molar-refractivity contribution in [1.82, 2.24) is 0 Å². The highest BCUT2D eigenvalue weighted by Crippen LogP contribution is 2.30. The third-order valence-corrected chi connectivity index (χ3v) is 5.10. The minimum Gasteiger partial charge on any atom is -0.484 e. The molecule has 0 spiro atoms. The Labute approximate surface area is 195 Å². The molecule has 4 N–H and O–H groups in total. The van der Waals surface area contributed by atoms with Crippen molar-refractivity contribution in [3.63, 3.8) is 0 Å². The van der Waals surface area contributed by atoms with E-state index >= 15 is 0 Å². The third kappa shape index (κ3) is 5.39. The smallest absolute Gasteiger partial charge is 0.262 e. The summed E-state index contributed by atoms with van der Waals surface area (Å²) in [6.45, 7) is -0.287. The fourth-order valence-corrected chi connectivity index (χ4v) is 3.52. The Morgan fingerprint density at radius 2 is 1.68 bits per heavy atom. The predicted molar refractivity (Wildman–Crippen MR) is 127 cm³/mol. The summed E-state index contributed by atoms with van der Waals surface area (Å²) in [5, 5.41) is 5.45. The molecule has 0 saturated carbocycles. The van der Waals surface area contributed by atoms with Crippen LogP contribution in [-0.2, 0) is 20.8 Å². The number of ether oxygens (including phenoxy) is 1. The highest BCUT2D eigenvalue weighted by atomic mass is 16.5. The van der Waals surface area contributed by atoms with Gasteiger partial charge in [0.05, 0.1) is 17.8 Å². The fourth-order valence-electron chi connectivity index (χ4n) is 3.52. The quantitative estimate of drug-likeness (QED) is 0.500. The second-order valence-corrected chi connectivity index (χ2v) is 7.66. The highest BCUT2D eigenvalue weighted by Gasteiger charge is 2.27. The van der Waals surface area contributed by atoms with Gasteiger partial charge in [0, 0.05) is 11.3 Å². The number of rotatable bonds is 7. The normalized spacial score (nSPS) is 12.4. The summed E-state index contributed by atoms with van der Waals surface area (Å²) in [7, 11) is 0. The van der Waals surface area contributed by atoms with Gasteiger partial charge in [0.25, 0.3) is 11.8 Å². The van der Waals surface area contributed by atoms with Gasteiger partial charge in [-0.2, -0.15) is 0 Å². The Morgan fingerprint density at radius 3 is 2.38 bits per heavy atom. The molecule has 0 aromatic heterocycles. The second kappa shape index (κ2) is 9.86. The number of anilines is 3. The molecule has 1 aliphatic heterocycles. The van der Waals surface area contributed by atoms with Crippen LogP contribution in [-0.4, -0.2) is 36.8 Å². The molecule has 3 aromatic carbocycles. The summed E-state index contributed by atoms with van der Waals surface area (Å²) in [4.78, 5) is 49.6. The number of nitrogens with two attached hydrogens (primary N) is 1. The minimum atomic E-state index is -0.424. The van der Waals surface area contributed by atoms with Crippen molar-refractivity contribution >= 4 is 40.7 Å². The summed E-state index contributed by atoms with van der Waals surface area (Å²) < 4.78 is 5.46. The number of para-hydroxylation sites is 2. The van der Waals surface area contributed by atoms with E-state index in [1.54, 1.807) is 72.8 Å². The van der Waals surface area contributed by atoms with Gasteiger partial charge in [-0.3, -0.25) is 24.1 Å². The van der Waals surface area contributed by atoms with Crippen molar-refractivity contribution in [2.75, 3.05) is 28.7 Å². The van der Waals surface area contributed by atoms with Crippen LogP contribution in [0.15, 0.2) is 72.8 Å². The van der Waals surface area contributed by atoms with Crippen LogP contribution < -0.4 is 26.0 Å². The van der Waals surface area contributed by atoms with E-state index in [4.69, 9.17) is 10.5 Å². The van der Waals surface area contributed by atoms with E-state index in [9.17, 15) is 19.2 Å². The molecule has 0 atom stereocenters. The number of carbonyl (C=O) groups is 4. The van der Waals surface area contributed by atoms with Crippen LogP contribution in [0.4, 0.5) is 17.1 Å². The molecule has 4 rings (SSSR count). The Bertz CT molecular complexity index is 1240. The first-order chi connectivity index (χ1) is 16.4. The lowest BCUT2D eigenvalue weighted by Crippen LogP contribution is -2.42. The first kappa shape index (κ1) is 22.5. The fraction of sp³-hybridized carbons (Fsp3) is 0.120. The van der Waals surface area contributed by atoms with Crippen molar-refractivity contribution in [2.24, 2.45) is 5.73 Å². The first-order valence-corrected chi connectivity index (χ1v) is 10.5. The van der Waals surface area contributed by atoms with Gasteiger partial charge in [0.2, 0.25) is 11.8 Å². The average Bonchev–Trinajstić information content (AvgIpc) is 2.83. The Morgan fingerprint density at radius 1 is 0.971 bits per heavy atom. The van der Waals surface area contributed by atoms with Crippen LogP contribution in [0.2, 0.25) is 0 Å². The monoisotopic (exact) mass is 458 g/mol. The molecule has 0 fully saturated rings. The third-order valence-electron chi connectivity index (χ3n) is 5.10. The van der Waals surface area contributed by atoms with Crippen LogP contribution in [0.1, 0.15) is 15.9 Å². The van der Waals surface area contributed by atoms with Crippen LogP contribution in [0.3, 0.4) is 0 Å². The SMILES string of the molecule is NC(=O)Cc1ccc(OCC(=O)Nc2ccc(C(=O)N3CC(=O)Nc4ccccc43)cc2)cc1. The van der Waals surface area contributed by atoms with Crippen molar-refractivity contribution in [3.05, 3.63) is 83.9 Å². The molecule has 0 unspecified atom stereocenters. The van der Waals surface area contributed by atoms with E-state index in [0.717, 1.165) is 5.56 Å². The molecule has 9 heteroatoms. The van der Waals surface area contributed by atoms with E-state index in [0.29, 0.717) is 28.4 Å². The Hall–Kier alpha value is -4.66. The lowest BCUT2D eigenvalue weighted by molar-refractivity contribution is -0.118. The minimum absolute atomic E-state index is 0.0742. The molecule has 9 nitrogen and oxygen atoms in total. The second-order valence-electron chi connectivity index (χ2n) is 7.66. The summed E-state index contributed by atoms with van der Waals surface area (Å²) in [5.74, 6) is -0.897. The van der Waals surface area contributed by atoms with Crippen molar-refractivity contribution in [3.8, 4) is 5.75 Å². The predicted octanol–water partition coefficient (Wildman–Crippen LogP) is 2.33. The van der Waals surface area contributed by atoms with Gasteiger partial charge in [-0.15, -0.1) is 0 Å². The zero-order valence-corrected chi connectivity index (χ0v) is 18.1. The molecule has 4 amide bonds. The van der Waals surface area contributed by atoms with E-state index < -0.39 is 5.91 Å². The summed E-state index contributed by atoms with van der Waals surface area (Å²) in [6.07, 6.45) is 0.136. The van der Waals surface area contributed by atoms with Crippen LogP contribution in [0, 0.1) is 0 Å². The number of hydrogen-bond donors (Lipinski definition) is 3. The molecule has 0 saturated heterocycles. The molecule has 3 aromatic rings. The standard InChI is InChI=1S/C25H22N4O5/c26-22(30)13-16-5-11-19(12-6-16)34-15-24(32)27-18-9-7-17(8-10-18)25(33)29-14-23(31)28-20-3-1-2-4-21(20)29/h1-12H,13-15H2,(H2,26,30)(H,27,32)(H,28,31). The maximum absolute atomic E-state index is 13.0. The van der Waals surface area contributed by atoms with Crippen LogP contribution >= 0.6 is 0 Å². The molecule has 0 bridgehead atoms. The van der Waals surface area contributed by atoms with Crippen LogP contribution in [0.25, 0.3) is 0 Å². The molecule has 172 valence electrons. The first-order valence-electron chi connectivity index (χ1n) is 10.5. The lowest BCUT2D eigenvalue weighted by atomic mass is 10.1. The van der Waals surface area contributed by atoms with Crippen molar-refractivity contribution < 1.29 is 23.9 Å². The number of fused-ring (bicyclic) bond motifs is 1. The number of hydrogen-bond acceptors (Lipinski definition) is 5. The van der Waals surface area contributed by atoms with Gasteiger partial charge >= 0.3 is 0 Å². The number of primary amides is 1. The van der Waals surface area contributed by atoms with Gasteiger partial charge in [-0.25, -0.2) is 0 Å². The van der Waals surface area contributed by atoms with E-state index in [1.165, 1.54) is 4.90 Å². The Kier molecular flexibility index (Phi) is 6.54. The van der Waals surface area contributed by atoms with Gasteiger partial charge in [-0.1, -0.05) is 24.3 Å². The Balaban J connectivity index is 1.34. The van der Waals surface area contributed by atoms with Gasteiger partial charge in [-0.05, 0) is 54.1 Å². The zero-order valence-electron chi connectivity index (χ0n) is 18.1. The van der Waals surface area contributed by atoms with Gasteiger partial charge in [0.1, 0.15) is 12.3 Å². The van der Waals surface area contributed by atoms with Gasteiger partial charge in [0.15, 0.2) is 6.61 Å². The van der Waals surface area contributed by atoms with E-state index in [2.05, 4.69) is 10.6 Å². The summed E-state index contributed by atoms with van der Waals surface area (Å²) >= 11 is 0. The molecule has 0 aliphatic carbocycles. The molecule has 0 radical (unpaired) electrons. The van der Waals surface area contributed by atoms with Gasteiger partial charge < -0.3 is 21.1 Å². The highest BCUT2D eigenvalue weighted by molar-refractivity contribution is 6.15. The average molecular weight is 458 g/mol. The number of nitrogens with zero attached hydrogens (tertiary/aromatic N) is 1. The maximum atomic E-state index is 13.0. The largest absolute Gasteiger partial charge is 0.484 e. The number of nitrogens with one attached hydrogen (secondary N) is 2. The van der Waals surface area contributed by atoms with Crippen LogP contribution in [0.5, 0.6) is 5.75 Å². The number of amides is 4. The maximum Gasteiger partial charge on any atom is 0.262 e. The molecule has 1 aliphatic rings. The van der Waals surface area contributed by atoms with E-state index in [1.807, 2.05) is 0 Å². The molecule has 1 heterocycles. The lowest BCUT2D eigenvalue weighted by Gasteiger charge is -2.29. The van der Waals surface area contributed by atoms with Crippen molar-refractivity contribution in [2.45, 2.75) is 6.42 Å². The van der Waals surface area contributed by atoms with Crippen molar-refractivity contribution in [1.29, 1.82) is 0 Å². The molecular weight excluding hydrogens is 436 g/mol. The zero-order chi connectivity index (χ0) is 24.1. The summed E-state index contributed by atoms with van der Waals surface area (Å²) in [5.41, 5.74) is 8.01. The number of benzene rings is 3. The summed E-state index contributed by atoms with van der Waals surface area (Å²) in [6, 6.07) is 20.2. The topological polar surface area (TPSA) is 131 Å². The number of carbonyl (C=O) groups excluding carboxylic acids is 4. The van der Waals surface area contributed by atoms with E-state index in [-0.39, 0.29) is 37.3 Å².